The van der Waals surface area contributed by atoms with Crippen LogP contribution >= 0.6 is 25.8 Å². The third kappa shape index (κ3) is 8.27. The average molecular weight is 331 g/mol. The lowest BCUT2D eigenvalue weighted by Gasteiger charge is -2.04. The van der Waals surface area contributed by atoms with Gasteiger partial charge in [0.05, 0.1) is 0 Å². The molecular formula is C11H15Br2Mg. The van der Waals surface area contributed by atoms with Crippen molar-refractivity contribution < 1.29 is 0 Å². The SMILES string of the molecule is [Br][Mg][Br].[CH2]c1ccc(CC(C)C)cc1. The van der Waals surface area contributed by atoms with Gasteiger partial charge in [0.25, 0.3) is 0 Å². The van der Waals surface area contributed by atoms with E-state index in [0.29, 0.717) is 0 Å². The summed E-state index contributed by atoms with van der Waals surface area (Å²) >= 11 is 6.44. The van der Waals surface area contributed by atoms with Crippen molar-refractivity contribution in [1.82, 2.24) is 0 Å². The molecule has 1 aromatic rings. The standard InChI is InChI=1S/C11H15.2BrH.Mg/c1-9(2)8-11-6-4-10(3)5-7-11;;;/h4-7,9H,3,8H2,1-2H3;2*1H;/q;;;+2/p-2. The fourth-order valence-electron chi connectivity index (χ4n) is 1.15. The van der Waals surface area contributed by atoms with Gasteiger partial charge in [-0.3, -0.25) is 25.8 Å². The number of halogens is 2. The van der Waals surface area contributed by atoms with Crippen LogP contribution in [0, 0.1) is 12.8 Å². The maximum absolute atomic E-state index is 3.84. The summed E-state index contributed by atoms with van der Waals surface area (Å²) in [6.45, 7) is 8.31. The van der Waals surface area contributed by atoms with Crippen molar-refractivity contribution in [2.24, 2.45) is 5.92 Å². The van der Waals surface area contributed by atoms with Crippen LogP contribution in [-0.4, -0.2) is 16.0 Å². The first-order valence-corrected chi connectivity index (χ1v) is 12.4. The molecule has 0 spiro atoms. The van der Waals surface area contributed by atoms with Crippen LogP contribution in [0.5, 0.6) is 0 Å². The van der Waals surface area contributed by atoms with Gasteiger partial charge in [0.2, 0.25) is 0 Å². The molecule has 0 aromatic heterocycles. The van der Waals surface area contributed by atoms with E-state index in [1.165, 1.54) is 12.0 Å². The molecule has 0 nitrogen and oxygen atoms in total. The minimum Gasteiger partial charge on any atom is -0.280 e. The summed E-state index contributed by atoms with van der Waals surface area (Å²) in [6, 6.07) is 8.44. The summed E-state index contributed by atoms with van der Waals surface area (Å²) in [6.07, 6.45) is 1.17. The Kier molecular flexibility index (Phi) is 9.81. The van der Waals surface area contributed by atoms with E-state index in [-0.39, 0.29) is 16.0 Å². The van der Waals surface area contributed by atoms with Gasteiger partial charge in [-0.25, -0.2) is 0 Å². The molecule has 0 aliphatic carbocycles. The second-order valence-electron chi connectivity index (χ2n) is 3.52. The number of benzene rings is 1. The Labute approximate surface area is 109 Å². The van der Waals surface area contributed by atoms with Crippen LogP contribution in [0.3, 0.4) is 0 Å². The third-order valence-electron chi connectivity index (χ3n) is 1.67. The van der Waals surface area contributed by atoms with E-state index in [1.807, 2.05) is 0 Å². The molecule has 0 atom stereocenters. The summed E-state index contributed by atoms with van der Waals surface area (Å²) < 4.78 is 0. The number of rotatable bonds is 2. The molecule has 0 fully saturated rings. The molecule has 75 valence electrons. The maximum atomic E-state index is 3.84. The Morgan fingerprint density at radius 3 is 2.00 bits per heavy atom. The monoisotopic (exact) mass is 329 g/mol. The smallest absolute Gasteiger partial charge is 0.280 e. The highest BCUT2D eigenvalue weighted by atomic mass is 79.9. The number of hydrogen-bond acceptors (Lipinski definition) is 0. The first-order chi connectivity index (χ1) is 6.60. The molecular weight excluding hydrogens is 316 g/mol. The van der Waals surface area contributed by atoms with Gasteiger partial charge < -0.3 is 0 Å². The second-order valence-corrected chi connectivity index (χ2v) is 11.6. The van der Waals surface area contributed by atoms with Crippen molar-refractivity contribution in [3.63, 3.8) is 0 Å². The Morgan fingerprint density at radius 1 is 1.21 bits per heavy atom. The molecule has 1 radical (unpaired) electrons. The fourth-order valence-corrected chi connectivity index (χ4v) is 1.15. The third-order valence-corrected chi connectivity index (χ3v) is 1.67. The topological polar surface area (TPSA) is 0 Å². The summed E-state index contributed by atoms with van der Waals surface area (Å²) in [4.78, 5) is 0. The molecule has 0 heterocycles. The molecule has 14 heavy (non-hydrogen) atoms. The van der Waals surface area contributed by atoms with Crippen molar-refractivity contribution in [1.29, 1.82) is 0 Å². The minimum absolute atomic E-state index is 0.0417. The van der Waals surface area contributed by atoms with Gasteiger partial charge in [-0.15, -0.1) is 0 Å². The Bertz CT molecular complexity index is 232. The summed E-state index contributed by atoms with van der Waals surface area (Å²) in [5.74, 6) is 0.741. The van der Waals surface area contributed by atoms with E-state index in [0.717, 1.165) is 11.5 Å². The van der Waals surface area contributed by atoms with Crippen LogP contribution in [0.25, 0.3) is 0 Å². The van der Waals surface area contributed by atoms with Gasteiger partial charge in [-0.05, 0) is 30.4 Å². The largest absolute Gasteiger partial charge is 0.560 e. The first kappa shape index (κ1) is 14.9. The van der Waals surface area contributed by atoms with Crippen LogP contribution in [0.2, 0.25) is 0 Å². The molecule has 0 unspecified atom stereocenters. The van der Waals surface area contributed by atoms with E-state index < -0.39 is 0 Å². The second kappa shape index (κ2) is 9.19. The quantitative estimate of drug-likeness (QED) is 0.706. The molecule has 0 aliphatic heterocycles. The van der Waals surface area contributed by atoms with Crippen molar-refractivity contribution in [3.8, 4) is 0 Å². The summed E-state index contributed by atoms with van der Waals surface area (Å²) in [5.41, 5.74) is 2.50. The highest BCUT2D eigenvalue weighted by Gasteiger charge is 1.95. The van der Waals surface area contributed by atoms with Gasteiger partial charge in [0, 0.05) is 0 Å². The molecule has 0 N–H and O–H groups in total. The molecule has 3 heteroatoms. The molecule has 0 aliphatic rings. The van der Waals surface area contributed by atoms with Crippen LogP contribution < -0.4 is 0 Å². The zero-order chi connectivity index (χ0) is 11.0. The van der Waals surface area contributed by atoms with Crippen LogP contribution in [-0.2, 0) is 6.42 Å². The predicted octanol–water partition coefficient (Wildman–Crippen LogP) is 4.38. The lowest BCUT2D eigenvalue weighted by atomic mass is 10.0. The molecule has 0 bridgehead atoms. The fraction of sp³-hybridized carbons (Fsp3) is 0.364. The lowest BCUT2D eigenvalue weighted by Crippen LogP contribution is -1.93. The molecule has 0 saturated heterocycles. The maximum Gasteiger partial charge on any atom is 0.560 e. The van der Waals surface area contributed by atoms with Gasteiger partial charge >= 0.3 is 16.0 Å². The average Bonchev–Trinajstić information content (AvgIpc) is 2.09. The molecule has 0 saturated carbocycles. The molecule has 1 aromatic carbocycles. The van der Waals surface area contributed by atoms with E-state index in [1.54, 1.807) is 0 Å². The van der Waals surface area contributed by atoms with E-state index in [2.05, 4.69) is 70.8 Å². The Morgan fingerprint density at radius 2 is 1.64 bits per heavy atom. The zero-order valence-corrected chi connectivity index (χ0v) is 13.4. The lowest BCUT2D eigenvalue weighted by molar-refractivity contribution is 0.647. The highest BCUT2D eigenvalue weighted by molar-refractivity contribution is 9.47. The minimum atomic E-state index is 0.0417. The summed E-state index contributed by atoms with van der Waals surface area (Å²) in [5, 5.41) is 0. The van der Waals surface area contributed by atoms with Gasteiger partial charge in [0.1, 0.15) is 0 Å². The van der Waals surface area contributed by atoms with Crippen molar-refractivity contribution in [2.45, 2.75) is 20.3 Å². The molecule has 0 amide bonds. The van der Waals surface area contributed by atoms with Crippen LogP contribution in [0.4, 0.5) is 0 Å². The van der Waals surface area contributed by atoms with E-state index in [4.69, 9.17) is 0 Å². The predicted molar refractivity (Wildman–Crippen MR) is 73.1 cm³/mol. The zero-order valence-electron chi connectivity index (χ0n) is 8.76. The van der Waals surface area contributed by atoms with Gasteiger partial charge in [-0.2, -0.15) is 0 Å². The summed E-state index contributed by atoms with van der Waals surface area (Å²) in [7, 11) is 0. The van der Waals surface area contributed by atoms with E-state index in [9.17, 15) is 0 Å². The van der Waals surface area contributed by atoms with Gasteiger partial charge in [0.15, 0.2) is 0 Å². The molecule has 1 rings (SSSR count). The van der Waals surface area contributed by atoms with Crippen LogP contribution in [0.15, 0.2) is 24.3 Å². The van der Waals surface area contributed by atoms with E-state index >= 15 is 0 Å². The Hall–Kier alpha value is 0.946. The van der Waals surface area contributed by atoms with Crippen molar-refractivity contribution in [3.05, 3.63) is 42.3 Å². The number of hydrogen-bond donors (Lipinski definition) is 0. The normalized spacial score (nSPS) is 9.00. The van der Waals surface area contributed by atoms with Crippen molar-refractivity contribution in [2.75, 3.05) is 0 Å². The first-order valence-electron chi connectivity index (χ1n) is 4.63. The van der Waals surface area contributed by atoms with Crippen LogP contribution in [0.1, 0.15) is 25.0 Å². The Balaban J connectivity index is 0.000000500. The van der Waals surface area contributed by atoms with Crippen molar-refractivity contribution >= 4 is 41.8 Å². The van der Waals surface area contributed by atoms with Gasteiger partial charge in [-0.1, -0.05) is 38.1 Å². The highest BCUT2D eigenvalue weighted by Crippen LogP contribution is 2.08.